The van der Waals surface area contributed by atoms with Crippen molar-refractivity contribution in [3.63, 3.8) is 0 Å². The Morgan fingerprint density at radius 2 is 0.941 bits per heavy atom. The Morgan fingerprint density at radius 1 is 0.431 bits per heavy atom. The van der Waals surface area contributed by atoms with Crippen LogP contribution in [0.2, 0.25) is 0 Å². The van der Waals surface area contributed by atoms with Crippen molar-refractivity contribution in [3.8, 4) is 33.4 Å². The van der Waals surface area contributed by atoms with Crippen LogP contribution in [0.15, 0.2) is 170 Å². The third kappa shape index (κ3) is 6.00. The molecule has 0 atom stereocenters. The van der Waals surface area contributed by atoms with Gasteiger partial charge in [0.25, 0.3) is 0 Å². The summed E-state index contributed by atoms with van der Waals surface area (Å²) >= 11 is 0. The van der Waals surface area contributed by atoms with E-state index in [0.717, 1.165) is 24.2 Å². The average molecular weight is 658 g/mol. The predicted molar refractivity (Wildman–Crippen MR) is 219 cm³/mol. The van der Waals surface area contributed by atoms with E-state index in [9.17, 15) is 0 Å². The molecule has 0 amide bonds. The monoisotopic (exact) mass is 657 g/mol. The normalized spacial score (nSPS) is 12.8. The predicted octanol–water partition coefficient (Wildman–Crippen LogP) is 14.1. The first kappa shape index (κ1) is 32.3. The highest BCUT2D eigenvalue weighted by atomic mass is 15.1. The van der Waals surface area contributed by atoms with E-state index in [1.807, 2.05) is 0 Å². The molecular formula is C50H43N. The number of hydrogen-bond donors (Lipinski definition) is 0. The summed E-state index contributed by atoms with van der Waals surface area (Å²) in [5.41, 5.74) is 17.8. The summed E-state index contributed by atoms with van der Waals surface area (Å²) in [4.78, 5) is 2.38. The molecule has 7 aromatic rings. The highest BCUT2D eigenvalue weighted by Gasteiger charge is 2.41. The van der Waals surface area contributed by atoms with Crippen molar-refractivity contribution in [2.24, 2.45) is 0 Å². The molecule has 0 fully saturated rings. The fourth-order valence-electron chi connectivity index (χ4n) is 8.09. The van der Waals surface area contributed by atoms with Gasteiger partial charge < -0.3 is 4.90 Å². The molecule has 0 heterocycles. The van der Waals surface area contributed by atoms with Crippen LogP contribution < -0.4 is 4.90 Å². The van der Waals surface area contributed by atoms with Crippen LogP contribution in [0.1, 0.15) is 54.5 Å². The van der Waals surface area contributed by atoms with Gasteiger partial charge >= 0.3 is 0 Å². The van der Waals surface area contributed by atoms with E-state index in [1.165, 1.54) is 66.9 Å². The van der Waals surface area contributed by atoms with E-state index in [2.05, 4.69) is 208 Å². The van der Waals surface area contributed by atoms with Gasteiger partial charge in [0.2, 0.25) is 0 Å². The SMILES string of the molecule is CCC1(CC)c2cc(/C=C/c3ccc(-c4cc(C)ccc4-c4ccccc4)cc3)ccc2-c2ccc(N(c3ccccc3)c3ccccc3)cc21. The molecule has 0 aromatic heterocycles. The minimum absolute atomic E-state index is 0.0461. The molecule has 0 aliphatic heterocycles. The number of fused-ring (bicyclic) bond motifs is 3. The average Bonchev–Trinajstić information content (AvgIpc) is 3.47. The van der Waals surface area contributed by atoms with Crippen LogP contribution in [0, 0.1) is 6.92 Å². The van der Waals surface area contributed by atoms with E-state index in [4.69, 9.17) is 0 Å². The van der Waals surface area contributed by atoms with E-state index >= 15 is 0 Å². The van der Waals surface area contributed by atoms with Gasteiger partial charge in [-0.3, -0.25) is 0 Å². The summed E-state index contributed by atoms with van der Waals surface area (Å²) in [7, 11) is 0. The van der Waals surface area contributed by atoms with Crippen molar-refractivity contribution >= 4 is 29.2 Å². The largest absolute Gasteiger partial charge is 0.310 e. The molecule has 1 nitrogen and oxygen atoms in total. The molecule has 0 saturated heterocycles. The second kappa shape index (κ2) is 13.8. The lowest BCUT2D eigenvalue weighted by atomic mass is 9.73. The minimum atomic E-state index is -0.0461. The summed E-state index contributed by atoms with van der Waals surface area (Å²) in [5.74, 6) is 0. The highest BCUT2D eigenvalue weighted by molar-refractivity contribution is 5.88. The Hall–Kier alpha value is -5.92. The molecule has 8 rings (SSSR count). The van der Waals surface area contributed by atoms with Crippen molar-refractivity contribution < 1.29 is 0 Å². The van der Waals surface area contributed by atoms with Gasteiger partial charge in [-0.15, -0.1) is 0 Å². The van der Waals surface area contributed by atoms with Crippen molar-refractivity contribution in [2.45, 2.75) is 39.0 Å². The maximum atomic E-state index is 2.46. The van der Waals surface area contributed by atoms with Crippen molar-refractivity contribution in [2.75, 3.05) is 4.90 Å². The molecule has 1 aliphatic rings. The van der Waals surface area contributed by atoms with Crippen LogP contribution in [0.3, 0.4) is 0 Å². The maximum Gasteiger partial charge on any atom is 0.0465 e. The Morgan fingerprint density at radius 3 is 1.57 bits per heavy atom. The van der Waals surface area contributed by atoms with Crippen LogP contribution >= 0.6 is 0 Å². The number of benzene rings is 7. The minimum Gasteiger partial charge on any atom is -0.310 e. The molecule has 7 aromatic carbocycles. The molecule has 51 heavy (non-hydrogen) atoms. The lowest BCUT2D eigenvalue weighted by molar-refractivity contribution is 0.490. The van der Waals surface area contributed by atoms with E-state index in [-0.39, 0.29) is 5.41 Å². The molecule has 1 aliphatic carbocycles. The Balaban J connectivity index is 1.11. The number of para-hydroxylation sites is 2. The van der Waals surface area contributed by atoms with Gasteiger partial charge in [-0.2, -0.15) is 0 Å². The zero-order valence-corrected chi connectivity index (χ0v) is 29.7. The van der Waals surface area contributed by atoms with Gasteiger partial charge in [0.1, 0.15) is 0 Å². The summed E-state index contributed by atoms with van der Waals surface area (Å²) in [5, 5.41) is 0. The third-order valence-corrected chi connectivity index (χ3v) is 10.8. The topological polar surface area (TPSA) is 3.24 Å². The second-order valence-corrected chi connectivity index (χ2v) is 13.7. The Bertz CT molecular complexity index is 2270. The number of anilines is 3. The van der Waals surface area contributed by atoms with Gasteiger partial charge in [0.05, 0.1) is 0 Å². The molecule has 0 spiro atoms. The molecule has 0 saturated carbocycles. The van der Waals surface area contributed by atoms with Crippen molar-refractivity contribution in [1.82, 2.24) is 0 Å². The van der Waals surface area contributed by atoms with Crippen molar-refractivity contribution in [3.05, 3.63) is 198 Å². The number of nitrogens with zero attached hydrogens (tertiary/aromatic N) is 1. The van der Waals surface area contributed by atoms with Gasteiger partial charge in [-0.05, 0) is 112 Å². The van der Waals surface area contributed by atoms with Crippen molar-refractivity contribution in [1.29, 1.82) is 0 Å². The van der Waals surface area contributed by atoms with Crippen LogP contribution in [-0.2, 0) is 5.41 Å². The Labute approximate surface area is 303 Å². The standard InChI is InChI=1S/C50H43N/c1-4-50(5-2)48-34-38(23-22-37-24-27-40(28-25-37)47-33-36(3)21-30-44(47)39-15-9-6-10-16-39)26-31-45(48)46-32-29-43(35-49(46)50)51(41-17-11-7-12-18-41)42-19-13-8-14-20-42/h6-35H,4-5H2,1-3H3/b23-22+. The molecule has 248 valence electrons. The molecule has 0 N–H and O–H groups in total. The first-order valence-electron chi connectivity index (χ1n) is 18.2. The quantitative estimate of drug-likeness (QED) is 0.140. The lowest BCUT2D eigenvalue weighted by Gasteiger charge is -2.32. The highest BCUT2D eigenvalue weighted by Crippen LogP contribution is 2.54. The van der Waals surface area contributed by atoms with Gasteiger partial charge in [-0.1, -0.05) is 165 Å². The van der Waals surface area contributed by atoms with Crippen LogP contribution in [0.5, 0.6) is 0 Å². The maximum absolute atomic E-state index is 2.46. The molecular weight excluding hydrogens is 615 g/mol. The zero-order valence-electron chi connectivity index (χ0n) is 29.7. The number of hydrogen-bond acceptors (Lipinski definition) is 1. The fraction of sp³-hybridized carbons (Fsp3) is 0.120. The number of aryl methyl sites for hydroxylation is 1. The summed E-state index contributed by atoms with van der Waals surface area (Å²) < 4.78 is 0. The third-order valence-electron chi connectivity index (χ3n) is 10.8. The van der Waals surface area contributed by atoms with E-state index in [0.29, 0.717) is 0 Å². The van der Waals surface area contributed by atoms with Gasteiger partial charge in [-0.25, -0.2) is 0 Å². The van der Waals surface area contributed by atoms with E-state index < -0.39 is 0 Å². The smallest absolute Gasteiger partial charge is 0.0465 e. The first-order chi connectivity index (χ1) is 25.1. The van der Waals surface area contributed by atoms with Gasteiger partial charge in [0, 0.05) is 22.5 Å². The molecule has 1 heteroatoms. The molecule has 0 unspecified atom stereocenters. The summed E-state index contributed by atoms with van der Waals surface area (Å²) in [6, 6.07) is 62.0. The molecule has 0 bridgehead atoms. The van der Waals surface area contributed by atoms with E-state index in [1.54, 1.807) is 0 Å². The van der Waals surface area contributed by atoms with Crippen LogP contribution in [-0.4, -0.2) is 0 Å². The second-order valence-electron chi connectivity index (χ2n) is 13.7. The fourth-order valence-corrected chi connectivity index (χ4v) is 8.09. The van der Waals surface area contributed by atoms with Crippen LogP contribution in [0.25, 0.3) is 45.5 Å². The van der Waals surface area contributed by atoms with Crippen LogP contribution in [0.4, 0.5) is 17.1 Å². The lowest BCUT2D eigenvalue weighted by Crippen LogP contribution is -2.23. The number of rotatable bonds is 9. The summed E-state index contributed by atoms with van der Waals surface area (Å²) in [6.07, 6.45) is 6.61. The van der Waals surface area contributed by atoms with Gasteiger partial charge in [0.15, 0.2) is 0 Å². The Kier molecular flexibility index (Phi) is 8.72. The first-order valence-corrected chi connectivity index (χ1v) is 18.2. The zero-order chi connectivity index (χ0) is 34.8. The molecule has 0 radical (unpaired) electrons. The summed E-state index contributed by atoms with van der Waals surface area (Å²) in [6.45, 7) is 6.87.